The van der Waals surface area contributed by atoms with E-state index in [-0.39, 0.29) is 22.9 Å². The predicted octanol–water partition coefficient (Wildman–Crippen LogP) is 4.40. The normalized spacial score (nSPS) is 15.2. The van der Waals surface area contributed by atoms with Gasteiger partial charge in [0.15, 0.2) is 5.70 Å². The Kier molecular flexibility index (Phi) is 5.32. The van der Waals surface area contributed by atoms with Crippen molar-refractivity contribution in [3.8, 4) is 11.5 Å². The quantitative estimate of drug-likeness (QED) is 0.528. The molecule has 0 bridgehead atoms. The molecule has 0 saturated carbocycles. The number of ether oxygens (including phenoxy) is 3. The van der Waals surface area contributed by atoms with Gasteiger partial charge >= 0.3 is 12.6 Å². The van der Waals surface area contributed by atoms with Gasteiger partial charge in [-0.2, -0.15) is 8.78 Å². The Balaban J connectivity index is 1.99. The fourth-order valence-electron chi connectivity index (χ4n) is 2.33. The van der Waals surface area contributed by atoms with Crippen LogP contribution in [-0.4, -0.2) is 25.6 Å². The molecule has 0 aliphatic carbocycles. The second kappa shape index (κ2) is 7.65. The van der Waals surface area contributed by atoms with Crippen LogP contribution >= 0.6 is 15.9 Å². The van der Waals surface area contributed by atoms with Gasteiger partial charge in [-0.1, -0.05) is 28.1 Å². The van der Waals surface area contributed by atoms with Crippen LogP contribution in [0.1, 0.15) is 11.1 Å². The molecule has 3 rings (SSSR count). The van der Waals surface area contributed by atoms with Gasteiger partial charge in [0.05, 0.1) is 12.7 Å². The molecule has 1 heterocycles. The number of para-hydroxylation sites is 1. The Morgan fingerprint density at radius 1 is 1.19 bits per heavy atom. The number of rotatable bonds is 5. The van der Waals surface area contributed by atoms with E-state index in [0.29, 0.717) is 11.3 Å². The number of benzene rings is 2. The summed E-state index contributed by atoms with van der Waals surface area (Å²) in [4.78, 5) is 16.3. The van der Waals surface area contributed by atoms with Crippen molar-refractivity contribution in [1.82, 2.24) is 0 Å². The lowest BCUT2D eigenvalue weighted by atomic mass is 10.1. The number of halogens is 3. The summed E-state index contributed by atoms with van der Waals surface area (Å²) < 4.78 is 40.7. The molecule has 0 fully saturated rings. The monoisotopic (exact) mass is 423 g/mol. The van der Waals surface area contributed by atoms with E-state index < -0.39 is 12.6 Å². The molecule has 0 amide bonds. The maximum atomic E-state index is 12.5. The van der Waals surface area contributed by atoms with Crippen LogP contribution in [0.4, 0.5) is 8.78 Å². The van der Waals surface area contributed by atoms with Crippen LogP contribution < -0.4 is 9.47 Å². The molecular formula is C18H12BrF2NO4. The minimum absolute atomic E-state index is 0.0169. The summed E-state index contributed by atoms with van der Waals surface area (Å²) in [5.74, 6) is -0.394. The lowest BCUT2D eigenvalue weighted by Crippen LogP contribution is -2.10. The topological polar surface area (TPSA) is 57.1 Å². The zero-order valence-corrected chi connectivity index (χ0v) is 15.0. The van der Waals surface area contributed by atoms with Crippen LogP contribution in [0, 0.1) is 0 Å². The largest absolute Gasteiger partial charge is 0.496 e. The minimum Gasteiger partial charge on any atom is -0.496 e. The maximum Gasteiger partial charge on any atom is 0.387 e. The smallest absolute Gasteiger partial charge is 0.387 e. The number of esters is 1. The van der Waals surface area contributed by atoms with Crippen molar-refractivity contribution in [1.29, 1.82) is 0 Å². The standard InChI is InChI=1S/C18H12BrF2NO4/c1-24-14-7-6-11(19)8-10(14)9-13-17(23)26-16(22-13)12-4-2-3-5-15(12)25-18(20)21/h2-9,18H,1H3/b13-9-. The first kappa shape index (κ1) is 18.1. The molecule has 1 aliphatic rings. The van der Waals surface area contributed by atoms with E-state index in [0.717, 1.165) is 4.47 Å². The number of cyclic esters (lactones) is 1. The first-order chi connectivity index (χ1) is 12.5. The van der Waals surface area contributed by atoms with Crippen LogP contribution in [0.3, 0.4) is 0 Å². The molecule has 1 aliphatic heterocycles. The second-order valence-corrected chi connectivity index (χ2v) is 6.01. The first-order valence-corrected chi connectivity index (χ1v) is 8.17. The van der Waals surface area contributed by atoms with Crippen LogP contribution in [0.2, 0.25) is 0 Å². The summed E-state index contributed by atoms with van der Waals surface area (Å²) in [7, 11) is 1.50. The number of methoxy groups -OCH3 is 1. The summed E-state index contributed by atoms with van der Waals surface area (Å²) in [6.45, 7) is -3.00. The molecule has 5 nitrogen and oxygen atoms in total. The number of hydrogen-bond acceptors (Lipinski definition) is 5. The molecule has 2 aromatic rings. The van der Waals surface area contributed by atoms with Gasteiger partial charge in [-0.05, 0) is 36.4 Å². The fourth-order valence-corrected chi connectivity index (χ4v) is 2.71. The molecule has 0 unspecified atom stereocenters. The molecular weight excluding hydrogens is 412 g/mol. The number of alkyl halides is 2. The summed E-state index contributed by atoms with van der Waals surface area (Å²) in [6.07, 6.45) is 1.50. The van der Waals surface area contributed by atoms with E-state index in [1.54, 1.807) is 24.3 Å². The van der Waals surface area contributed by atoms with E-state index in [2.05, 4.69) is 25.7 Å². The summed E-state index contributed by atoms with van der Waals surface area (Å²) in [5.41, 5.74) is 0.782. The zero-order chi connectivity index (χ0) is 18.7. The fraction of sp³-hybridized carbons (Fsp3) is 0.111. The van der Waals surface area contributed by atoms with Crippen LogP contribution in [0.25, 0.3) is 6.08 Å². The van der Waals surface area contributed by atoms with E-state index in [1.807, 2.05) is 0 Å². The lowest BCUT2D eigenvalue weighted by molar-refractivity contribution is -0.129. The van der Waals surface area contributed by atoms with Crippen molar-refractivity contribution < 1.29 is 27.8 Å². The number of hydrogen-bond donors (Lipinski definition) is 0. The number of carbonyl (C=O) groups is 1. The van der Waals surface area contributed by atoms with Gasteiger partial charge in [-0.25, -0.2) is 9.79 Å². The Hall–Kier alpha value is -2.74. The van der Waals surface area contributed by atoms with Gasteiger partial charge in [0, 0.05) is 10.0 Å². The highest BCUT2D eigenvalue weighted by Crippen LogP contribution is 2.29. The molecule has 0 radical (unpaired) electrons. The van der Waals surface area contributed by atoms with E-state index in [1.165, 1.54) is 31.4 Å². The highest BCUT2D eigenvalue weighted by Gasteiger charge is 2.27. The van der Waals surface area contributed by atoms with Crippen molar-refractivity contribution in [3.05, 3.63) is 63.8 Å². The van der Waals surface area contributed by atoms with Gasteiger partial charge in [0.25, 0.3) is 0 Å². The molecule has 8 heteroatoms. The Labute approximate surface area is 156 Å². The molecule has 0 saturated heterocycles. The van der Waals surface area contributed by atoms with Crippen LogP contribution in [0.15, 0.2) is 57.6 Å². The number of carbonyl (C=O) groups excluding carboxylic acids is 1. The van der Waals surface area contributed by atoms with E-state index in [9.17, 15) is 13.6 Å². The number of nitrogens with zero attached hydrogens (tertiary/aromatic N) is 1. The number of aliphatic imine (C=N–C) groups is 1. The maximum absolute atomic E-state index is 12.5. The third-order valence-corrected chi connectivity index (χ3v) is 3.93. The minimum atomic E-state index is -3.00. The van der Waals surface area contributed by atoms with Crippen molar-refractivity contribution >= 4 is 33.9 Å². The van der Waals surface area contributed by atoms with Gasteiger partial charge in [-0.3, -0.25) is 0 Å². The van der Waals surface area contributed by atoms with Crippen molar-refractivity contribution in [3.63, 3.8) is 0 Å². The van der Waals surface area contributed by atoms with Gasteiger partial charge in [0.1, 0.15) is 11.5 Å². The second-order valence-electron chi connectivity index (χ2n) is 5.10. The van der Waals surface area contributed by atoms with Crippen molar-refractivity contribution in [2.75, 3.05) is 7.11 Å². The lowest BCUT2D eigenvalue weighted by Gasteiger charge is -2.08. The average molecular weight is 424 g/mol. The third-order valence-electron chi connectivity index (χ3n) is 3.44. The van der Waals surface area contributed by atoms with Gasteiger partial charge in [0.2, 0.25) is 5.90 Å². The van der Waals surface area contributed by atoms with E-state index >= 15 is 0 Å². The Morgan fingerprint density at radius 3 is 2.69 bits per heavy atom. The van der Waals surface area contributed by atoms with Crippen LogP contribution in [-0.2, 0) is 9.53 Å². The highest BCUT2D eigenvalue weighted by molar-refractivity contribution is 9.10. The third kappa shape index (κ3) is 3.91. The molecule has 0 atom stereocenters. The summed E-state index contributed by atoms with van der Waals surface area (Å²) in [5, 5.41) is 0. The first-order valence-electron chi connectivity index (χ1n) is 7.38. The molecule has 0 N–H and O–H groups in total. The molecule has 2 aromatic carbocycles. The Bertz CT molecular complexity index is 912. The van der Waals surface area contributed by atoms with Crippen molar-refractivity contribution in [2.24, 2.45) is 4.99 Å². The van der Waals surface area contributed by atoms with Crippen molar-refractivity contribution in [2.45, 2.75) is 6.61 Å². The molecule has 134 valence electrons. The zero-order valence-electron chi connectivity index (χ0n) is 13.4. The summed E-state index contributed by atoms with van der Waals surface area (Å²) in [6, 6.07) is 11.2. The molecule has 0 aromatic heterocycles. The SMILES string of the molecule is COc1ccc(Br)cc1/C=C1\N=C(c2ccccc2OC(F)F)OC1=O. The van der Waals surface area contributed by atoms with E-state index in [4.69, 9.17) is 9.47 Å². The average Bonchev–Trinajstić information content (AvgIpc) is 2.95. The van der Waals surface area contributed by atoms with Crippen LogP contribution in [0.5, 0.6) is 11.5 Å². The summed E-state index contributed by atoms with van der Waals surface area (Å²) >= 11 is 3.35. The Morgan fingerprint density at radius 2 is 1.96 bits per heavy atom. The molecule has 26 heavy (non-hydrogen) atoms. The van der Waals surface area contributed by atoms with Gasteiger partial charge < -0.3 is 14.2 Å². The highest BCUT2D eigenvalue weighted by atomic mass is 79.9. The molecule has 0 spiro atoms. The predicted molar refractivity (Wildman–Crippen MR) is 94.4 cm³/mol. The van der Waals surface area contributed by atoms with Gasteiger partial charge in [-0.15, -0.1) is 0 Å².